The fraction of sp³-hybridized carbons (Fsp3) is 0.900. The second-order valence-corrected chi connectivity index (χ2v) is 3.71. The number of hydrogen-bond acceptors (Lipinski definition) is 4. The number of likely N-dealkylation sites (tertiary alicyclic amines) is 1. The van der Waals surface area contributed by atoms with Gasteiger partial charge in [-0.1, -0.05) is 0 Å². The summed E-state index contributed by atoms with van der Waals surface area (Å²) >= 11 is 0. The minimum Gasteiger partial charge on any atom is -0.468 e. The molecule has 1 fully saturated rings. The van der Waals surface area contributed by atoms with Gasteiger partial charge in [-0.3, -0.25) is 9.69 Å². The second kappa shape index (κ2) is 5.98. The van der Waals surface area contributed by atoms with E-state index in [1.807, 2.05) is 0 Å². The van der Waals surface area contributed by atoms with E-state index >= 15 is 0 Å². The van der Waals surface area contributed by atoms with Crippen molar-refractivity contribution in [2.75, 3.05) is 26.8 Å². The Labute approximate surface area is 84.8 Å². The van der Waals surface area contributed by atoms with Crippen LogP contribution in [0.4, 0.5) is 0 Å². The predicted molar refractivity (Wildman–Crippen MR) is 52.9 cm³/mol. The summed E-state index contributed by atoms with van der Waals surface area (Å²) < 4.78 is 4.63. The molecule has 0 radical (unpaired) electrons. The molecule has 1 rings (SSSR count). The van der Waals surface area contributed by atoms with Crippen LogP contribution < -0.4 is 0 Å². The normalized spacial score (nSPS) is 22.6. The molecule has 4 nitrogen and oxygen atoms in total. The fourth-order valence-electron chi connectivity index (χ4n) is 1.99. The van der Waals surface area contributed by atoms with Gasteiger partial charge in [-0.2, -0.15) is 0 Å². The van der Waals surface area contributed by atoms with Crippen LogP contribution in [0, 0.1) is 0 Å². The van der Waals surface area contributed by atoms with Gasteiger partial charge in [0, 0.05) is 12.6 Å². The van der Waals surface area contributed by atoms with E-state index in [0.29, 0.717) is 12.6 Å². The first-order chi connectivity index (χ1) is 6.77. The molecule has 0 bridgehead atoms. The highest BCUT2D eigenvalue weighted by Gasteiger charge is 2.25. The molecule has 1 aliphatic rings. The summed E-state index contributed by atoms with van der Waals surface area (Å²) in [7, 11) is 1.42. The molecule has 1 atom stereocenters. The zero-order valence-corrected chi connectivity index (χ0v) is 8.74. The molecule has 4 heteroatoms. The zero-order valence-electron chi connectivity index (χ0n) is 8.74. The lowest BCUT2D eigenvalue weighted by Gasteiger charge is -2.22. The van der Waals surface area contributed by atoms with Crippen molar-refractivity contribution >= 4 is 5.97 Å². The topological polar surface area (TPSA) is 49.8 Å². The van der Waals surface area contributed by atoms with Crippen LogP contribution in [0.1, 0.15) is 25.7 Å². The molecule has 1 saturated heterocycles. The molecule has 1 aliphatic heterocycles. The van der Waals surface area contributed by atoms with E-state index in [-0.39, 0.29) is 12.6 Å². The number of rotatable bonds is 5. The summed E-state index contributed by atoms with van der Waals surface area (Å²) in [5, 5.41) is 8.73. The molecule has 0 aromatic carbocycles. The van der Waals surface area contributed by atoms with Gasteiger partial charge in [-0.25, -0.2) is 0 Å². The van der Waals surface area contributed by atoms with E-state index in [9.17, 15) is 4.79 Å². The monoisotopic (exact) mass is 201 g/mol. The summed E-state index contributed by atoms with van der Waals surface area (Å²) in [5.41, 5.74) is 0. The average molecular weight is 201 g/mol. The highest BCUT2D eigenvalue weighted by molar-refractivity contribution is 5.71. The first kappa shape index (κ1) is 11.5. The smallest absolute Gasteiger partial charge is 0.319 e. The third-order valence-corrected chi connectivity index (χ3v) is 2.75. The Morgan fingerprint density at radius 1 is 1.64 bits per heavy atom. The second-order valence-electron chi connectivity index (χ2n) is 3.71. The third-order valence-electron chi connectivity index (χ3n) is 2.75. The van der Waals surface area contributed by atoms with Crippen LogP contribution in [0.15, 0.2) is 0 Å². The van der Waals surface area contributed by atoms with Gasteiger partial charge in [-0.05, 0) is 32.2 Å². The van der Waals surface area contributed by atoms with Crippen molar-refractivity contribution < 1.29 is 14.6 Å². The lowest BCUT2D eigenvalue weighted by molar-refractivity contribution is -0.142. The average Bonchev–Trinajstić information content (AvgIpc) is 2.62. The van der Waals surface area contributed by atoms with E-state index in [1.165, 1.54) is 7.11 Å². The van der Waals surface area contributed by atoms with Crippen LogP contribution in [-0.4, -0.2) is 48.8 Å². The van der Waals surface area contributed by atoms with Crippen LogP contribution in [0.3, 0.4) is 0 Å². The summed E-state index contributed by atoms with van der Waals surface area (Å²) in [6.07, 6.45) is 4.08. The van der Waals surface area contributed by atoms with Crippen molar-refractivity contribution in [3.8, 4) is 0 Å². The highest BCUT2D eigenvalue weighted by Crippen LogP contribution is 2.20. The van der Waals surface area contributed by atoms with E-state index in [0.717, 1.165) is 32.2 Å². The van der Waals surface area contributed by atoms with Gasteiger partial charge < -0.3 is 9.84 Å². The van der Waals surface area contributed by atoms with Crippen molar-refractivity contribution in [1.82, 2.24) is 4.90 Å². The summed E-state index contributed by atoms with van der Waals surface area (Å²) in [4.78, 5) is 13.2. The maximum absolute atomic E-state index is 11.1. The maximum Gasteiger partial charge on any atom is 0.319 e. The third kappa shape index (κ3) is 3.27. The molecule has 0 aliphatic carbocycles. The van der Waals surface area contributed by atoms with Crippen LogP contribution in [0.25, 0.3) is 0 Å². The molecule has 1 heterocycles. The Hall–Kier alpha value is -0.610. The minimum absolute atomic E-state index is 0.166. The van der Waals surface area contributed by atoms with Gasteiger partial charge >= 0.3 is 5.97 Å². The lowest BCUT2D eigenvalue weighted by atomic mass is 10.1. The van der Waals surface area contributed by atoms with Gasteiger partial charge in [-0.15, -0.1) is 0 Å². The largest absolute Gasteiger partial charge is 0.468 e. The van der Waals surface area contributed by atoms with Crippen molar-refractivity contribution in [2.24, 2.45) is 0 Å². The number of ether oxygens (including phenoxy) is 1. The quantitative estimate of drug-likeness (QED) is 0.654. The van der Waals surface area contributed by atoms with Crippen molar-refractivity contribution in [1.29, 1.82) is 0 Å². The molecular formula is C10H19NO3. The SMILES string of the molecule is COC(=O)CN1CCCC1CCCO. The highest BCUT2D eigenvalue weighted by atomic mass is 16.5. The van der Waals surface area contributed by atoms with Gasteiger partial charge in [0.2, 0.25) is 0 Å². The molecule has 14 heavy (non-hydrogen) atoms. The van der Waals surface area contributed by atoms with Gasteiger partial charge in [0.1, 0.15) is 0 Å². The van der Waals surface area contributed by atoms with Gasteiger partial charge in [0.25, 0.3) is 0 Å². The molecule has 0 amide bonds. The molecule has 0 saturated carbocycles. The van der Waals surface area contributed by atoms with Crippen molar-refractivity contribution in [2.45, 2.75) is 31.7 Å². The minimum atomic E-state index is -0.166. The number of aliphatic hydroxyl groups excluding tert-OH is 1. The molecule has 0 aromatic heterocycles. The van der Waals surface area contributed by atoms with Crippen LogP contribution in [0.5, 0.6) is 0 Å². The number of methoxy groups -OCH3 is 1. The van der Waals surface area contributed by atoms with E-state index in [1.54, 1.807) is 0 Å². The number of carbonyl (C=O) groups is 1. The van der Waals surface area contributed by atoms with E-state index in [4.69, 9.17) is 5.11 Å². The van der Waals surface area contributed by atoms with Gasteiger partial charge in [0.15, 0.2) is 0 Å². The summed E-state index contributed by atoms with van der Waals surface area (Å²) in [6, 6.07) is 0.459. The van der Waals surface area contributed by atoms with Crippen LogP contribution >= 0.6 is 0 Å². The molecule has 0 spiro atoms. The Morgan fingerprint density at radius 2 is 2.43 bits per heavy atom. The molecule has 0 aromatic rings. The summed E-state index contributed by atoms with van der Waals surface area (Å²) in [5.74, 6) is -0.166. The predicted octanol–water partition coefficient (Wildman–Crippen LogP) is 0.396. The molecule has 82 valence electrons. The number of hydrogen-bond donors (Lipinski definition) is 1. The molecule has 1 N–H and O–H groups in total. The van der Waals surface area contributed by atoms with Gasteiger partial charge in [0.05, 0.1) is 13.7 Å². The lowest BCUT2D eigenvalue weighted by Crippen LogP contribution is -2.34. The number of aliphatic hydroxyl groups is 1. The number of carbonyl (C=O) groups excluding carboxylic acids is 1. The Morgan fingerprint density at radius 3 is 3.07 bits per heavy atom. The van der Waals surface area contributed by atoms with Crippen molar-refractivity contribution in [3.63, 3.8) is 0 Å². The van der Waals surface area contributed by atoms with Crippen LogP contribution in [-0.2, 0) is 9.53 Å². The molecular weight excluding hydrogens is 182 g/mol. The number of esters is 1. The summed E-state index contributed by atoms with van der Waals surface area (Å²) in [6.45, 7) is 1.61. The molecule has 1 unspecified atom stereocenters. The van der Waals surface area contributed by atoms with E-state index in [2.05, 4.69) is 9.64 Å². The van der Waals surface area contributed by atoms with Crippen molar-refractivity contribution in [3.05, 3.63) is 0 Å². The maximum atomic E-state index is 11.1. The fourth-order valence-corrected chi connectivity index (χ4v) is 1.99. The first-order valence-corrected chi connectivity index (χ1v) is 5.19. The Kier molecular flexibility index (Phi) is 4.90. The Balaban J connectivity index is 2.31. The Bertz CT molecular complexity index is 184. The first-order valence-electron chi connectivity index (χ1n) is 5.19. The standard InChI is InChI=1S/C10H19NO3/c1-14-10(13)8-11-6-2-4-9(11)5-3-7-12/h9,12H,2-8H2,1H3. The number of nitrogens with zero attached hydrogens (tertiary/aromatic N) is 1. The van der Waals surface area contributed by atoms with Crippen LogP contribution in [0.2, 0.25) is 0 Å². The zero-order chi connectivity index (χ0) is 10.4. The van der Waals surface area contributed by atoms with E-state index < -0.39 is 0 Å².